The molecule has 17 heavy (non-hydrogen) atoms. The fourth-order valence-corrected chi connectivity index (χ4v) is 1.88. The summed E-state index contributed by atoms with van der Waals surface area (Å²) in [5.41, 5.74) is 7.64. The van der Waals surface area contributed by atoms with E-state index in [1.807, 2.05) is 35.8 Å². The summed E-state index contributed by atoms with van der Waals surface area (Å²) in [4.78, 5) is 15.1. The second kappa shape index (κ2) is 4.55. The van der Waals surface area contributed by atoms with Gasteiger partial charge in [-0.3, -0.25) is 4.79 Å². The first-order chi connectivity index (χ1) is 8.09. The molecule has 0 bridgehead atoms. The number of aliphatic carboxylic acids is 1. The fraction of sp³-hybridized carbons (Fsp3) is 0.333. The van der Waals surface area contributed by atoms with E-state index < -0.39 is 5.97 Å². The van der Waals surface area contributed by atoms with Crippen LogP contribution in [0.4, 0.5) is 0 Å². The molecular weight excluding hydrogens is 218 g/mol. The van der Waals surface area contributed by atoms with E-state index in [1.54, 1.807) is 0 Å². The molecule has 3 N–H and O–H groups in total. The maximum atomic E-state index is 10.6. The molecule has 2 aromatic rings. The highest BCUT2D eigenvalue weighted by molar-refractivity contribution is 5.76. The van der Waals surface area contributed by atoms with E-state index in [4.69, 9.17) is 10.8 Å². The van der Waals surface area contributed by atoms with Gasteiger partial charge in [-0.2, -0.15) is 0 Å². The van der Waals surface area contributed by atoms with Crippen molar-refractivity contribution in [1.82, 2.24) is 9.55 Å². The Labute approximate surface area is 98.9 Å². The van der Waals surface area contributed by atoms with Crippen molar-refractivity contribution in [2.75, 3.05) is 0 Å². The van der Waals surface area contributed by atoms with Crippen molar-refractivity contribution in [2.45, 2.75) is 25.9 Å². The highest BCUT2D eigenvalue weighted by Crippen LogP contribution is 2.19. The predicted molar refractivity (Wildman–Crippen MR) is 64.6 cm³/mol. The van der Waals surface area contributed by atoms with Gasteiger partial charge in [0.2, 0.25) is 0 Å². The Bertz CT molecular complexity index is 546. The van der Waals surface area contributed by atoms with Crippen LogP contribution in [0, 0.1) is 0 Å². The van der Waals surface area contributed by atoms with Crippen LogP contribution in [-0.2, 0) is 11.3 Å². The minimum Gasteiger partial charge on any atom is -0.481 e. The monoisotopic (exact) mass is 233 g/mol. The predicted octanol–water partition coefficient (Wildman–Crippen LogP) is 1.53. The first kappa shape index (κ1) is 11.6. The zero-order valence-electron chi connectivity index (χ0n) is 9.63. The van der Waals surface area contributed by atoms with Crippen LogP contribution in [0.25, 0.3) is 11.0 Å². The lowest BCUT2D eigenvalue weighted by molar-refractivity contribution is -0.137. The van der Waals surface area contributed by atoms with Crippen molar-refractivity contribution in [3.8, 4) is 0 Å². The van der Waals surface area contributed by atoms with Crippen molar-refractivity contribution in [3.63, 3.8) is 0 Å². The first-order valence-corrected chi connectivity index (χ1v) is 5.52. The van der Waals surface area contributed by atoms with Crippen molar-refractivity contribution in [1.29, 1.82) is 0 Å². The molecule has 0 amide bonds. The van der Waals surface area contributed by atoms with Gasteiger partial charge in [-0.25, -0.2) is 4.98 Å². The number of aryl methyl sites for hydroxylation is 1. The van der Waals surface area contributed by atoms with Gasteiger partial charge in [0.05, 0.1) is 23.5 Å². The van der Waals surface area contributed by atoms with Crippen LogP contribution in [-0.4, -0.2) is 20.6 Å². The highest BCUT2D eigenvalue weighted by atomic mass is 16.4. The number of benzene rings is 1. The largest absolute Gasteiger partial charge is 0.481 e. The van der Waals surface area contributed by atoms with Crippen LogP contribution < -0.4 is 5.73 Å². The maximum absolute atomic E-state index is 10.6. The third-order valence-electron chi connectivity index (χ3n) is 2.64. The van der Waals surface area contributed by atoms with Gasteiger partial charge in [-0.05, 0) is 19.1 Å². The van der Waals surface area contributed by atoms with Crippen molar-refractivity contribution in [3.05, 3.63) is 30.1 Å². The van der Waals surface area contributed by atoms with Crippen molar-refractivity contribution >= 4 is 17.0 Å². The zero-order chi connectivity index (χ0) is 12.4. The number of para-hydroxylation sites is 2. The van der Waals surface area contributed by atoms with E-state index in [0.29, 0.717) is 6.54 Å². The Balaban J connectivity index is 2.48. The van der Waals surface area contributed by atoms with E-state index in [9.17, 15) is 4.79 Å². The molecule has 0 aliphatic heterocycles. The minimum absolute atomic E-state index is 0.0695. The number of nitrogens with two attached hydrogens (primary N) is 1. The highest BCUT2D eigenvalue weighted by Gasteiger charge is 2.13. The number of nitrogens with zero attached hydrogens (tertiary/aromatic N) is 2. The Morgan fingerprint density at radius 1 is 1.53 bits per heavy atom. The molecule has 0 aliphatic carbocycles. The third-order valence-corrected chi connectivity index (χ3v) is 2.64. The van der Waals surface area contributed by atoms with Crippen LogP contribution in [0.5, 0.6) is 0 Å². The molecule has 5 heteroatoms. The molecule has 0 saturated carbocycles. The Morgan fingerprint density at radius 2 is 2.24 bits per heavy atom. The van der Waals surface area contributed by atoms with Gasteiger partial charge in [0.25, 0.3) is 0 Å². The molecule has 1 heterocycles. The summed E-state index contributed by atoms with van der Waals surface area (Å²) in [6, 6.07) is 7.43. The molecule has 2 rings (SSSR count). The molecule has 1 unspecified atom stereocenters. The molecule has 0 aliphatic rings. The second-order valence-electron chi connectivity index (χ2n) is 4.04. The topological polar surface area (TPSA) is 81.1 Å². The number of carbonyl (C=O) groups is 1. The van der Waals surface area contributed by atoms with Gasteiger partial charge < -0.3 is 15.4 Å². The number of imidazole rings is 1. The maximum Gasteiger partial charge on any atom is 0.305 e. The zero-order valence-corrected chi connectivity index (χ0v) is 9.63. The summed E-state index contributed by atoms with van der Waals surface area (Å²) >= 11 is 0. The molecule has 0 spiro atoms. The average molecular weight is 233 g/mol. The number of carboxylic acids is 1. The van der Waals surface area contributed by atoms with Gasteiger partial charge >= 0.3 is 5.97 Å². The van der Waals surface area contributed by atoms with Crippen molar-refractivity contribution in [2.24, 2.45) is 5.73 Å². The molecule has 1 aromatic heterocycles. The summed E-state index contributed by atoms with van der Waals surface area (Å²) in [7, 11) is 0. The summed E-state index contributed by atoms with van der Waals surface area (Å²) < 4.78 is 1.88. The first-order valence-electron chi connectivity index (χ1n) is 5.52. The van der Waals surface area contributed by atoms with Crippen LogP contribution in [0.3, 0.4) is 0 Å². The number of carboxylic acid groups (broad SMARTS) is 1. The molecule has 1 aromatic carbocycles. The number of hydrogen-bond donors (Lipinski definition) is 2. The lowest BCUT2D eigenvalue weighted by atomic mass is 10.3. The molecule has 0 saturated heterocycles. The molecule has 0 fully saturated rings. The average Bonchev–Trinajstić information content (AvgIpc) is 2.65. The lowest BCUT2D eigenvalue weighted by Crippen LogP contribution is -2.15. The molecule has 1 atom stereocenters. The van der Waals surface area contributed by atoms with E-state index >= 15 is 0 Å². The third kappa shape index (κ3) is 2.29. The number of hydrogen-bond acceptors (Lipinski definition) is 3. The van der Waals surface area contributed by atoms with Gasteiger partial charge in [0, 0.05) is 6.54 Å². The van der Waals surface area contributed by atoms with Crippen LogP contribution >= 0.6 is 0 Å². The van der Waals surface area contributed by atoms with E-state index in [-0.39, 0.29) is 12.5 Å². The number of fused-ring (bicyclic) bond motifs is 1. The van der Waals surface area contributed by atoms with Crippen LogP contribution in [0.15, 0.2) is 24.3 Å². The van der Waals surface area contributed by atoms with Crippen LogP contribution in [0.1, 0.15) is 25.2 Å². The Kier molecular flexibility index (Phi) is 3.10. The lowest BCUT2D eigenvalue weighted by Gasteiger charge is -2.09. The van der Waals surface area contributed by atoms with Crippen molar-refractivity contribution < 1.29 is 9.90 Å². The van der Waals surface area contributed by atoms with Gasteiger partial charge in [-0.15, -0.1) is 0 Å². The Hall–Kier alpha value is -1.88. The van der Waals surface area contributed by atoms with E-state index in [2.05, 4.69) is 4.98 Å². The quantitative estimate of drug-likeness (QED) is 0.839. The molecule has 5 nitrogen and oxygen atoms in total. The van der Waals surface area contributed by atoms with E-state index in [0.717, 1.165) is 16.9 Å². The summed E-state index contributed by atoms with van der Waals surface area (Å²) in [6.45, 7) is 2.24. The summed E-state index contributed by atoms with van der Waals surface area (Å²) in [6.07, 6.45) is 0.0695. The summed E-state index contributed by atoms with van der Waals surface area (Å²) in [5, 5.41) is 8.75. The molecular formula is C12H15N3O2. The smallest absolute Gasteiger partial charge is 0.305 e. The molecule has 90 valence electrons. The van der Waals surface area contributed by atoms with Gasteiger partial charge in [0.15, 0.2) is 0 Å². The fourth-order valence-electron chi connectivity index (χ4n) is 1.88. The normalized spacial score (nSPS) is 12.8. The van der Waals surface area contributed by atoms with Gasteiger partial charge in [0.1, 0.15) is 5.82 Å². The second-order valence-corrected chi connectivity index (χ2v) is 4.04. The summed E-state index contributed by atoms with van der Waals surface area (Å²) in [5.74, 6) is -0.0918. The SMILES string of the molecule is CC(N)c1nc2ccccc2n1CCC(=O)O. The van der Waals surface area contributed by atoms with Gasteiger partial charge in [-0.1, -0.05) is 12.1 Å². The Morgan fingerprint density at radius 3 is 2.88 bits per heavy atom. The standard InChI is InChI=1S/C12H15N3O2/c1-8(13)12-14-9-4-2-3-5-10(9)15(12)7-6-11(16)17/h2-5,8H,6-7,13H2,1H3,(H,16,17). The number of aromatic nitrogens is 2. The minimum atomic E-state index is -0.821. The number of rotatable bonds is 4. The van der Waals surface area contributed by atoms with Crippen LogP contribution in [0.2, 0.25) is 0 Å². The molecule has 0 radical (unpaired) electrons. The van der Waals surface area contributed by atoms with E-state index in [1.165, 1.54) is 0 Å².